The van der Waals surface area contributed by atoms with Crippen molar-refractivity contribution in [1.82, 2.24) is 14.1 Å². The van der Waals surface area contributed by atoms with Crippen molar-refractivity contribution in [3.8, 4) is 0 Å². The summed E-state index contributed by atoms with van der Waals surface area (Å²) in [4.78, 5) is 0.348. The zero-order chi connectivity index (χ0) is 15.1. The first-order chi connectivity index (χ1) is 9.27. The van der Waals surface area contributed by atoms with Gasteiger partial charge in [-0.2, -0.15) is 9.40 Å². The van der Waals surface area contributed by atoms with Crippen molar-refractivity contribution in [2.24, 2.45) is 0 Å². The zero-order valence-electron chi connectivity index (χ0n) is 12.8. The summed E-state index contributed by atoms with van der Waals surface area (Å²) in [5.74, 6) is 0. The lowest BCUT2D eigenvalue weighted by Gasteiger charge is -2.34. The van der Waals surface area contributed by atoms with Gasteiger partial charge in [0, 0.05) is 19.6 Å². The second kappa shape index (κ2) is 5.46. The molecule has 20 heavy (non-hydrogen) atoms. The van der Waals surface area contributed by atoms with Crippen molar-refractivity contribution in [3.63, 3.8) is 0 Å². The largest absolute Gasteiger partial charge is 0.373 e. The quantitative estimate of drug-likeness (QED) is 0.844. The van der Waals surface area contributed by atoms with Crippen molar-refractivity contribution < 1.29 is 13.2 Å². The molecule has 1 aliphatic heterocycles. The van der Waals surface area contributed by atoms with Gasteiger partial charge in [0.15, 0.2) is 0 Å². The summed E-state index contributed by atoms with van der Waals surface area (Å²) < 4.78 is 34.6. The first-order valence-electron chi connectivity index (χ1n) is 6.97. The molecular formula is C13H23N3O3S. The number of aromatic nitrogens is 2. The van der Waals surface area contributed by atoms with Crippen molar-refractivity contribution in [3.05, 3.63) is 11.4 Å². The third-order valence-electron chi connectivity index (χ3n) is 3.60. The van der Waals surface area contributed by atoms with Gasteiger partial charge in [-0.1, -0.05) is 0 Å². The molecule has 0 amide bonds. The molecule has 0 aliphatic carbocycles. The van der Waals surface area contributed by atoms with E-state index >= 15 is 0 Å². The van der Waals surface area contributed by atoms with Crippen LogP contribution < -0.4 is 0 Å². The van der Waals surface area contributed by atoms with Gasteiger partial charge in [-0.15, -0.1) is 0 Å². The van der Waals surface area contributed by atoms with Gasteiger partial charge >= 0.3 is 0 Å². The first kappa shape index (κ1) is 15.5. The first-order valence-corrected chi connectivity index (χ1v) is 8.41. The maximum absolute atomic E-state index is 12.9. The third-order valence-corrected chi connectivity index (χ3v) is 5.68. The lowest BCUT2D eigenvalue weighted by atomic mass is 10.3. The van der Waals surface area contributed by atoms with Gasteiger partial charge in [0.2, 0.25) is 10.0 Å². The molecule has 1 saturated heterocycles. The van der Waals surface area contributed by atoms with E-state index in [1.807, 2.05) is 27.7 Å². The molecule has 7 heteroatoms. The number of sulfonamides is 1. The van der Waals surface area contributed by atoms with E-state index in [2.05, 4.69) is 5.10 Å². The predicted molar refractivity (Wildman–Crippen MR) is 76.1 cm³/mol. The molecule has 1 fully saturated rings. The maximum atomic E-state index is 12.9. The Kier molecular flexibility index (Phi) is 4.22. The third kappa shape index (κ3) is 2.62. The van der Waals surface area contributed by atoms with E-state index in [0.29, 0.717) is 35.9 Å². The van der Waals surface area contributed by atoms with Crippen molar-refractivity contribution in [2.75, 3.05) is 13.1 Å². The van der Waals surface area contributed by atoms with Crippen molar-refractivity contribution >= 4 is 10.0 Å². The highest BCUT2D eigenvalue weighted by Gasteiger charge is 2.35. The van der Waals surface area contributed by atoms with E-state index in [1.54, 1.807) is 11.6 Å². The van der Waals surface area contributed by atoms with E-state index in [1.165, 1.54) is 4.31 Å². The topological polar surface area (TPSA) is 64.4 Å². The summed E-state index contributed by atoms with van der Waals surface area (Å²) in [6, 6.07) is 0. The standard InChI is InChI=1S/C13H23N3O3S/c1-6-16-12(5)13(11(4)14-16)20(17,18)15-7-9(2)19-10(3)8-15/h9-10H,6-8H2,1-5H3/t9-,10-/m1/s1. The Hall–Kier alpha value is -0.920. The van der Waals surface area contributed by atoms with Crippen LogP contribution in [0.3, 0.4) is 0 Å². The molecule has 1 aromatic heterocycles. The second-order valence-corrected chi connectivity index (χ2v) is 7.27. The second-order valence-electron chi connectivity index (χ2n) is 5.40. The number of rotatable bonds is 3. The summed E-state index contributed by atoms with van der Waals surface area (Å²) >= 11 is 0. The zero-order valence-corrected chi connectivity index (χ0v) is 13.6. The SMILES string of the molecule is CCn1nc(C)c(S(=O)(=O)N2C[C@@H](C)O[C@H](C)C2)c1C. The van der Waals surface area contributed by atoms with Crippen LogP contribution in [0.5, 0.6) is 0 Å². The van der Waals surface area contributed by atoms with E-state index in [-0.39, 0.29) is 12.2 Å². The minimum Gasteiger partial charge on any atom is -0.373 e. The number of hydrogen-bond donors (Lipinski definition) is 0. The Balaban J connectivity index is 2.42. The van der Waals surface area contributed by atoms with Crippen LogP contribution in [-0.2, 0) is 21.3 Å². The summed E-state index contributed by atoms with van der Waals surface area (Å²) in [6.07, 6.45) is -0.175. The molecule has 0 aromatic carbocycles. The highest BCUT2D eigenvalue weighted by molar-refractivity contribution is 7.89. The van der Waals surface area contributed by atoms with Crippen LogP contribution in [-0.4, -0.2) is 47.8 Å². The van der Waals surface area contributed by atoms with Crippen molar-refractivity contribution in [1.29, 1.82) is 0 Å². The highest BCUT2D eigenvalue weighted by atomic mass is 32.2. The van der Waals surface area contributed by atoms with Crippen molar-refractivity contribution in [2.45, 2.75) is 58.3 Å². The molecule has 0 N–H and O–H groups in total. The lowest BCUT2D eigenvalue weighted by molar-refractivity contribution is -0.0441. The van der Waals surface area contributed by atoms with Crippen LogP contribution in [0.1, 0.15) is 32.2 Å². The number of aryl methyl sites for hydroxylation is 2. The number of hydrogen-bond acceptors (Lipinski definition) is 4. The molecule has 2 rings (SSSR count). The van der Waals surface area contributed by atoms with E-state index in [4.69, 9.17) is 4.74 Å². The molecular weight excluding hydrogens is 278 g/mol. The van der Waals surface area contributed by atoms with Crippen LogP contribution in [0.4, 0.5) is 0 Å². The van der Waals surface area contributed by atoms with E-state index in [0.717, 1.165) is 0 Å². The minimum absolute atomic E-state index is 0.0876. The van der Waals surface area contributed by atoms with Gasteiger partial charge in [-0.05, 0) is 34.6 Å². The Bertz CT molecular complexity index is 584. The predicted octanol–water partition coefficient (Wildman–Crippen LogP) is 1.32. The molecule has 0 unspecified atom stereocenters. The minimum atomic E-state index is -3.51. The summed E-state index contributed by atoms with van der Waals surface area (Å²) in [5, 5.41) is 4.31. The Morgan fingerprint density at radius 3 is 2.25 bits per heavy atom. The molecule has 1 aromatic rings. The number of morpholine rings is 1. The summed E-state index contributed by atoms with van der Waals surface area (Å²) in [6.45, 7) is 10.8. The van der Waals surface area contributed by atoms with E-state index < -0.39 is 10.0 Å². The number of ether oxygens (including phenoxy) is 1. The summed E-state index contributed by atoms with van der Waals surface area (Å²) in [7, 11) is -3.51. The van der Waals surface area contributed by atoms with Crippen LogP contribution >= 0.6 is 0 Å². The van der Waals surface area contributed by atoms with Gasteiger partial charge < -0.3 is 4.74 Å². The smallest absolute Gasteiger partial charge is 0.246 e. The normalized spacial score (nSPS) is 25.1. The molecule has 114 valence electrons. The van der Waals surface area contributed by atoms with Gasteiger partial charge in [-0.25, -0.2) is 8.42 Å². The summed E-state index contributed by atoms with van der Waals surface area (Å²) in [5.41, 5.74) is 1.27. The molecule has 0 radical (unpaired) electrons. The van der Waals surface area contributed by atoms with Crippen LogP contribution in [0.25, 0.3) is 0 Å². The van der Waals surface area contributed by atoms with Crippen LogP contribution in [0.15, 0.2) is 4.90 Å². The lowest BCUT2D eigenvalue weighted by Crippen LogP contribution is -2.48. The Morgan fingerprint density at radius 1 is 1.25 bits per heavy atom. The number of nitrogens with zero attached hydrogens (tertiary/aromatic N) is 3. The molecule has 1 aliphatic rings. The van der Waals surface area contributed by atoms with Crippen LogP contribution in [0.2, 0.25) is 0 Å². The molecule has 0 saturated carbocycles. The van der Waals surface area contributed by atoms with Gasteiger partial charge in [0.25, 0.3) is 0 Å². The highest BCUT2D eigenvalue weighted by Crippen LogP contribution is 2.26. The van der Waals surface area contributed by atoms with Gasteiger partial charge in [-0.3, -0.25) is 4.68 Å². The maximum Gasteiger partial charge on any atom is 0.246 e. The average Bonchev–Trinajstić information content (AvgIpc) is 2.63. The van der Waals surface area contributed by atoms with E-state index in [9.17, 15) is 8.42 Å². The fourth-order valence-corrected chi connectivity index (χ4v) is 4.78. The molecule has 0 spiro atoms. The molecule has 2 atom stereocenters. The fourth-order valence-electron chi connectivity index (χ4n) is 2.82. The fraction of sp³-hybridized carbons (Fsp3) is 0.769. The van der Waals surface area contributed by atoms with Gasteiger partial charge in [0.05, 0.1) is 23.6 Å². The van der Waals surface area contributed by atoms with Gasteiger partial charge in [0.1, 0.15) is 4.90 Å². The Morgan fingerprint density at radius 2 is 1.80 bits per heavy atom. The Labute approximate surface area is 120 Å². The molecule has 6 nitrogen and oxygen atoms in total. The van der Waals surface area contributed by atoms with Crippen LogP contribution in [0, 0.1) is 13.8 Å². The average molecular weight is 301 g/mol. The monoisotopic (exact) mass is 301 g/mol. The molecule has 2 heterocycles. The molecule has 0 bridgehead atoms.